The standard InChI is InChI=1S/C12H25O3S.Na/c1-3-5-6-7-8-9-11-12(10-4-2)16(13,14)15;/h12H,2-11H2,1H3,(H,13,14,15);/q;+1/p-1. The molecule has 0 aliphatic heterocycles. The summed E-state index contributed by atoms with van der Waals surface area (Å²) in [6.45, 7) is 5.77. The summed E-state index contributed by atoms with van der Waals surface area (Å²) in [4.78, 5) is 0. The predicted octanol–water partition coefficient (Wildman–Crippen LogP) is 0.269. The van der Waals surface area contributed by atoms with E-state index in [2.05, 4.69) is 13.8 Å². The van der Waals surface area contributed by atoms with Crippen LogP contribution < -0.4 is 29.6 Å². The Hall–Kier alpha value is 0.910. The summed E-state index contributed by atoms with van der Waals surface area (Å²) in [6, 6.07) is 0. The quantitative estimate of drug-likeness (QED) is 0.325. The monoisotopic (exact) mass is 271 g/mol. The fourth-order valence-electron chi connectivity index (χ4n) is 1.81. The second-order valence-corrected chi connectivity index (χ2v) is 5.97. The zero-order valence-electron chi connectivity index (χ0n) is 11.3. The van der Waals surface area contributed by atoms with Crippen molar-refractivity contribution in [1.29, 1.82) is 0 Å². The van der Waals surface area contributed by atoms with Gasteiger partial charge >= 0.3 is 29.6 Å². The van der Waals surface area contributed by atoms with E-state index < -0.39 is 15.4 Å². The van der Waals surface area contributed by atoms with Gasteiger partial charge in [-0.2, -0.15) is 0 Å². The largest absolute Gasteiger partial charge is 1.00 e. The molecular formula is C12H24NaO3S. The van der Waals surface area contributed by atoms with Crippen molar-refractivity contribution in [2.24, 2.45) is 0 Å². The molecule has 17 heavy (non-hydrogen) atoms. The van der Waals surface area contributed by atoms with Crippen LogP contribution in [0.3, 0.4) is 0 Å². The summed E-state index contributed by atoms with van der Waals surface area (Å²) < 4.78 is 32.7. The van der Waals surface area contributed by atoms with Crippen LogP contribution >= 0.6 is 0 Å². The summed E-state index contributed by atoms with van der Waals surface area (Å²) in [5.74, 6) is 0. The second-order valence-electron chi connectivity index (χ2n) is 4.31. The zero-order valence-corrected chi connectivity index (χ0v) is 14.1. The van der Waals surface area contributed by atoms with E-state index in [0.717, 1.165) is 19.3 Å². The summed E-state index contributed by atoms with van der Waals surface area (Å²) in [6.07, 6.45) is 8.10. The molecule has 97 valence electrons. The predicted molar refractivity (Wildman–Crippen MR) is 66.1 cm³/mol. The summed E-state index contributed by atoms with van der Waals surface area (Å²) >= 11 is 0. The average molecular weight is 271 g/mol. The molecule has 0 aromatic rings. The van der Waals surface area contributed by atoms with Gasteiger partial charge in [-0.15, -0.1) is 0 Å². The Bertz CT molecular complexity index is 252. The summed E-state index contributed by atoms with van der Waals surface area (Å²) in [7, 11) is -4.11. The minimum absolute atomic E-state index is 0. The molecule has 0 aliphatic carbocycles. The zero-order chi connectivity index (χ0) is 12.4. The molecule has 0 N–H and O–H groups in total. The summed E-state index contributed by atoms with van der Waals surface area (Å²) in [5, 5.41) is -0.712. The third-order valence-electron chi connectivity index (χ3n) is 2.81. The van der Waals surface area contributed by atoms with E-state index in [1.54, 1.807) is 0 Å². The van der Waals surface area contributed by atoms with Crippen LogP contribution in [0.4, 0.5) is 0 Å². The van der Waals surface area contributed by atoms with Crippen LogP contribution in [0.2, 0.25) is 0 Å². The van der Waals surface area contributed by atoms with Crippen LogP contribution in [-0.2, 0) is 10.1 Å². The molecule has 0 spiro atoms. The number of hydrogen-bond donors (Lipinski definition) is 0. The molecule has 0 aromatic carbocycles. The van der Waals surface area contributed by atoms with Gasteiger partial charge < -0.3 is 4.55 Å². The van der Waals surface area contributed by atoms with E-state index in [4.69, 9.17) is 0 Å². The Balaban J connectivity index is 0. The van der Waals surface area contributed by atoms with Gasteiger partial charge in [-0.05, 0) is 12.8 Å². The van der Waals surface area contributed by atoms with Gasteiger partial charge in [0.15, 0.2) is 0 Å². The van der Waals surface area contributed by atoms with E-state index in [9.17, 15) is 13.0 Å². The maximum atomic E-state index is 10.9. The minimum Gasteiger partial charge on any atom is -0.748 e. The molecule has 1 unspecified atom stereocenters. The van der Waals surface area contributed by atoms with Gasteiger partial charge in [0.1, 0.15) is 0 Å². The van der Waals surface area contributed by atoms with Crippen LogP contribution in [-0.4, -0.2) is 18.2 Å². The van der Waals surface area contributed by atoms with Crippen molar-refractivity contribution in [3.8, 4) is 0 Å². The van der Waals surface area contributed by atoms with Crippen molar-refractivity contribution in [2.75, 3.05) is 0 Å². The molecule has 0 fully saturated rings. The Morgan fingerprint density at radius 1 is 1.06 bits per heavy atom. The van der Waals surface area contributed by atoms with Crippen molar-refractivity contribution >= 4 is 10.1 Å². The molecule has 1 radical (unpaired) electrons. The van der Waals surface area contributed by atoms with Crippen LogP contribution in [0, 0.1) is 6.92 Å². The van der Waals surface area contributed by atoms with Gasteiger partial charge in [-0.3, -0.25) is 0 Å². The van der Waals surface area contributed by atoms with E-state index in [0.29, 0.717) is 19.3 Å². The second kappa shape index (κ2) is 12.0. The van der Waals surface area contributed by atoms with E-state index in [1.165, 1.54) is 19.3 Å². The third kappa shape index (κ3) is 11.7. The Morgan fingerprint density at radius 2 is 1.59 bits per heavy atom. The number of unbranched alkanes of at least 4 members (excludes halogenated alkanes) is 5. The smallest absolute Gasteiger partial charge is 0.748 e. The minimum atomic E-state index is -4.11. The maximum Gasteiger partial charge on any atom is 1.00 e. The molecule has 0 heterocycles. The first-order valence-electron chi connectivity index (χ1n) is 6.26. The van der Waals surface area contributed by atoms with Crippen molar-refractivity contribution in [1.82, 2.24) is 0 Å². The number of hydrogen-bond acceptors (Lipinski definition) is 3. The number of rotatable bonds is 10. The first-order valence-corrected chi connectivity index (χ1v) is 7.73. The topological polar surface area (TPSA) is 57.2 Å². The van der Waals surface area contributed by atoms with Gasteiger partial charge in [-0.25, -0.2) is 8.42 Å². The molecule has 0 bridgehead atoms. The van der Waals surface area contributed by atoms with Gasteiger partial charge in [0, 0.05) is 5.25 Å². The van der Waals surface area contributed by atoms with Gasteiger partial charge in [0.25, 0.3) is 0 Å². The Labute approximate surface area is 129 Å². The molecule has 3 nitrogen and oxygen atoms in total. The van der Waals surface area contributed by atoms with Crippen LogP contribution in [0.1, 0.15) is 64.7 Å². The van der Waals surface area contributed by atoms with Crippen LogP contribution in [0.25, 0.3) is 0 Å². The fourth-order valence-corrected chi connectivity index (χ4v) is 2.72. The Kier molecular flexibility index (Phi) is 14.2. The molecular weight excluding hydrogens is 247 g/mol. The molecule has 0 saturated heterocycles. The van der Waals surface area contributed by atoms with E-state index in [-0.39, 0.29) is 29.6 Å². The third-order valence-corrected chi connectivity index (χ3v) is 4.10. The first kappa shape index (κ1) is 20.2. The van der Waals surface area contributed by atoms with Gasteiger partial charge in [0.05, 0.1) is 10.1 Å². The van der Waals surface area contributed by atoms with E-state index in [1.807, 2.05) is 0 Å². The normalized spacial score (nSPS) is 13.1. The van der Waals surface area contributed by atoms with Crippen molar-refractivity contribution < 1.29 is 42.5 Å². The Morgan fingerprint density at radius 3 is 2.06 bits per heavy atom. The maximum absolute atomic E-state index is 10.9. The van der Waals surface area contributed by atoms with Crippen molar-refractivity contribution in [2.45, 2.75) is 70.0 Å². The van der Waals surface area contributed by atoms with Gasteiger partial charge in [0.2, 0.25) is 0 Å². The van der Waals surface area contributed by atoms with Crippen molar-refractivity contribution in [3.63, 3.8) is 0 Å². The van der Waals surface area contributed by atoms with Crippen molar-refractivity contribution in [3.05, 3.63) is 6.92 Å². The fraction of sp³-hybridized carbons (Fsp3) is 0.917. The van der Waals surface area contributed by atoms with Crippen LogP contribution in [0.5, 0.6) is 0 Å². The molecule has 0 rings (SSSR count). The van der Waals surface area contributed by atoms with E-state index >= 15 is 0 Å². The molecule has 0 amide bonds. The SMILES string of the molecule is [CH2]CCC(CCCCCCCC)S(=O)(=O)[O-].[Na+]. The molecule has 0 aromatic heterocycles. The molecule has 0 aliphatic rings. The molecule has 1 atom stereocenters. The van der Waals surface area contributed by atoms with Crippen LogP contribution in [0.15, 0.2) is 0 Å². The molecule has 5 heteroatoms. The summed E-state index contributed by atoms with van der Waals surface area (Å²) in [5.41, 5.74) is 0. The molecule has 0 saturated carbocycles. The average Bonchev–Trinajstić information content (AvgIpc) is 2.20. The first-order chi connectivity index (χ1) is 7.52. The van der Waals surface area contributed by atoms with Gasteiger partial charge in [-0.1, -0.05) is 58.8 Å².